The maximum atomic E-state index is 9.18. The van der Waals surface area contributed by atoms with E-state index in [2.05, 4.69) is 4.98 Å². The zero-order chi connectivity index (χ0) is 14.7. The fourth-order valence-electron chi connectivity index (χ4n) is 2.20. The monoisotopic (exact) mass is 279 g/mol. The summed E-state index contributed by atoms with van der Waals surface area (Å²) in [6.45, 7) is 0.343. The van der Waals surface area contributed by atoms with E-state index in [1.165, 1.54) is 0 Å². The van der Waals surface area contributed by atoms with Crippen molar-refractivity contribution in [3.05, 3.63) is 66.4 Å². The summed E-state index contributed by atoms with van der Waals surface area (Å²) in [6.07, 6.45) is 1.73. The molecule has 3 aromatic rings. The van der Waals surface area contributed by atoms with Gasteiger partial charge < -0.3 is 14.8 Å². The van der Waals surface area contributed by atoms with Crippen LogP contribution in [0, 0.1) is 0 Å². The van der Waals surface area contributed by atoms with Crippen LogP contribution in [0.5, 0.6) is 5.75 Å². The lowest BCUT2D eigenvalue weighted by Crippen LogP contribution is -2.29. The summed E-state index contributed by atoms with van der Waals surface area (Å²) in [4.78, 5) is 4.33. The highest BCUT2D eigenvalue weighted by molar-refractivity contribution is 6.58. The highest BCUT2D eigenvalue weighted by atomic mass is 16.5. The van der Waals surface area contributed by atoms with Gasteiger partial charge in [-0.15, -0.1) is 0 Å². The predicted octanol–water partition coefficient (Wildman–Crippen LogP) is 1.49. The summed E-state index contributed by atoms with van der Waals surface area (Å²) in [6, 6.07) is 16.7. The Labute approximate surface area is 122 Å². The number of para-hydroxylation sites is 1. The van der Waals surface area contributed by atoms with Crippen molar-refractivity contribution >= 4 is 23.5 Å². The van der Waals surface area contributed by atoms with Crippen LogP contribution in [-0.4, -0.2) is 22.2 Å². The zero-order valence-corrected chi connectivity index (χ0v) is 11.3. The van der Waals surface area contributed by atoms with Crippen LogP contribution in [0.4, 0.5) is 0 Å². The van der Waals surface area contributed by atoms with E-state index in [-0.39, 0.29) is 0 Å². The molecule has 0 unspecified atom stereocenters. The molecule has 0 amide bonds. The number of ether oxygens (including phenoxy) is 1. The maximum absolute atomic E-state index is 9.18. The molecule has 0 radical (unpaired) electrons. The van der Waals surface area contributed by atoms with E-state index < -0.39 is 7.12 Å². The van der Waals surface area contributed by atoms with Crippen LogP contribution < -0.4 is 10.2 Å². The lowest BCUT2D eigenvalue weighted by atomic mass is 9.80. The molecule has 5 heteroatoms. The Morgan fingerprint density at radius 2 is 1.81 bits per heavy atom. The van der Waals surface area contributed by atoms with Crippen molar-refractivity contribution in [3.63, 3.8) is 0 Å². The number of fused-ring (bicyclic) bond motifs is 1. The molecule has 0 aliphatic rings. The summed E-state index contributed by atoms with van der Waals surface area (Å²) in [5.41, 5.74) is 2.14. The molecule has 0 fully saturated rings. The molecule has 0 saturated heterocycles. The van der Waals surface area contributed by atoms with E-state index >= 15 is 0 Å². The Morgan fingerprint density at radius 3 is 2.67 bits per heavy atom. The summed E-state index contributed by atoms with van der Waals surface area (Å²) >= 11 is 0. The van der Waals surface area contributed by atoms with Crippen molar-refractivity contribution in [1.29, 1.82) is 0 Å². The van der Waals surface area contributed by atoms with Gasteiger partial charge in [-0.1, -0.05) is 42.5 Å². The van der Waals surface area contributed by atoms with Crippen molar-refractivity contribution < 1.29 is 14.8 Å². The number of pyridine rings is 1. The third-order valence-corrected chi connectivity index (χ3v) is 3.24. The van der Waals surface area contributed by atoms with E-state index in [4.69, 9.17) is 4.74 Å². The topological polar surface area (TPSA) is 62.6 Å². The normalized spacial score (nSPS) is 10.6. The second kappa shape index (κ2) is 5.95. The second-order valence-electron chi connectivity index (χ2n) is 4.74. The molecule has 21 heavy (non-hydrogen) atoms. The highest BCUT2D eigenvalue weighted by Gasteiger charge is 2.11. The Kier molecular flexibility index (Phi) is 3.86. The van der Waals surface area contributed by atoms with Crippen LogP contribution >= 0.6 is 0 Å². The van der Waals surface area contributed by atoms with Crippen LogP contribution in [0.15, 0.2) is 60.8 Å². The first-order chi connectivity index (χ1) is 10.2. The number of benzene rings is 2. The largest absolute Gasteiger partial charge is 0.488 e. The smallest absolute Gasteiger partial charge is 0.487 e. The molecule has 0 spiro atoms. The molecule has 2 aromatic carbocycles. The van der Waals surface area contributed by atoms with Gasteiger partial charge in [-0.05, 0) is 23.2 Å². The third-order valence-electron chi connectivity index (χ3n) is 3.24. The van der Waals surface area contributed by atoms with E-state index in [9.17, 15) is 10.0 Å². The Hall–Kier alpha value is -2.37. The molecule has 0 atom stereocenters. The fraction of sp³-hybridized carbons (Fsp3) is 0.0625. The predicted molar refractivity (Wildman–Crippen MR) is 82.3 cm³/mol. The van der Waals surface area contributed by atoms with Gasteiger partial charge in [-0.25, -0.2) is 0 Å². The van der Waals surface area contributed by atoms with Crippen molar-refractivity contribution in [1.82, 2.24) is 4.98 Å². The molecule has 104 valence electrons. The van der Waals surface area contributed by atoms with Gasteiger partial charge >= 0.3 is 7.12 Å². The summed E-state index contributed by atoms with van der Waals surface area (Å²) in [7, 11) is -1.47. The van der Waals surface area contributed by atoms with E-state index in [1.807, 2.05) is 36.4 Å². The van der Waals surface area contributed by atoms with E-state index in [0.29, 0.717) is 17.8 Å². The van der Waals surface area contributed by atoms with Crippen LogP contribution in [0.1, 0.15) is 5.56 Å². The summed E-state index contributed by atoms with van der Waals surface area (Å²) in [5.74, 6) is 0.711. The van der Waals surface area contributed by atoms with Crippen LogP contribution in [0.25, 0.3) is 10.9 Å². The van der Waals surface area contributed by atoms with Gasteiger partial charge in [0.05, 0.1) is 0 Å². The molecule has 2 N–H and O–H groups in total. The molecule has 0 saturated carbocycles. The van der Waals surface area contributed by atoms with Gasteiger partial charge in [0.2, 0.25) is 0 Å². The molecular weight excluding hydrogens is 265 g/mol. The Balaban J connectivity index is 1.82. The standard InChI is InChI=1S/C16H14BNO3/c19-17(20)14-7-1-4-12(10-14)11-21-15-8-2-5-13-6-3-9-18-16(13)15/h1-10,19-20H,11H2. The average molecular weight is 279 g/mol. The molecular formula is C16H14BNO3. The number of rotatable bonds is 4. The minimum atomic E-state index is -1.47. The lowest BCUT2D eigenvalue weighted by molar-refractivity contribution is 0.309. The summed E-state index contributed by atoms with van der Waals surface area (Å²) < 4.78 is 5.81. The van der Waals surface area contributed by atoms with Crippen LogP contribution in [0.2, 0.25) is 0 Å². The fourth-order valence-corrected chi connectivity index (χ4v) is 2.20. The van der Waals surface area contributed by atoms with Gasteiger partial charge in [0.1, 0.15) is 17.9 Å². The van der Waals surface area contributed by atoms with E-state index in [1.54, 1.807) is 24.4 Å². The molecule has 0 aliphatic heterocycles. The number of aromatic nitrogens is 1. The Morgan fingerprint density at radius 1 is 1.00 bits per heavy atom. The Bertz CT molecular complexity index is 756. The number of hydrogen-bond acceptors (Lipinski definition) is 4. The van der Waals surface area contributed by atoms with Gasteiger partial charge in [-0.3, -0.25) is 4.98 Å². The summed E-state index contributed by atoms with van der Waals surface area (Å²) in [5, 5.41) is 19.4. The quantitative estimate of drug-likeness (QED) is 0.710. The molecule has 0 bridgehead atoms. The zero-order valence-electron chi connectivity index (χ0n) is 11.3. The van der Waals surface area contributed by atoms with Crippen LogP contribution in [-0.2, 0) is 6.61 Å². The molecule has 1 aromatic heterocycles. The molecule has 3 rings (SSSR count). The van der Waals surface area contributed by atoms with Crippen molar-refractivity contribution in [3.8, 4) is 5.75 Å². The first-order valence-electron chi connectivity index (χ1n) is 6.65. The van der Waals surface area contributed by atoms with Crippen molar-refractivity contribution in [2.24, 2.45) is 0 Å². The first-order valence-corrected chi connectivity index (χ1v) is 6.65. The lowest BCUT2D eigenvalue weighted by Gasteiger charge is -2.09. The first kappa shape index (κ1) is 13.6. The minimum absolute atomic E-state index is 0.343. The second-order valence-corrected chi connectivity index (χ2v) is 4.74. The van der Waals surface area contributed by atoms with E-state index in [0.717, 1.165) is 16.5 Å². The van der Waals surface area contributed by atoms with Gasteiger partial charge in [0, 0.05) is 11.6 Å². The minimum Gasteiger partial charge on any atom is -0.487 e. The maximum Gasteiger partial charge on any atom is 0.488 e. The van der Waals surface area contributed by atoms with Gasteiger partial charge in [0.25, 0.3) is 0 Å². The highest BCUT2D eigenvalue weighted by Crippen LogP contribution is 2.23. The van der Waals surface area contributed by atoms with Crippen molar-refractivity contribution in [2.75, 3.05) is 0 Å². The number of nitrogens with zero attached hydrogens (tertiary/aromatic N) is 1. The van der Waals surface area contributed by atoms with Gasteiger partial charge in [0.15, 0.2) is 0 Å². The van der Waals surface area contributed by atoms with Crippen LogP contribution in [0.3, 0.4) is 0 Å². The van der Waals surface area contributed by atoms with Crippen molar-refractivity contribution in [2.45, 2.75) is 6.61 Å². The average Bonchev–Trinajstić information content (AvgIpc) is 2.53. The van der Waals surface area contributed by atoms with Gasteiger partial charge in [-0.2, -0.15) is 0 Å². The SMILES string of the molecule is OB(O)c1cccc(COc2cccc3cccnc23)c1. The molecule has 1 heterocycles. The third kappa shape index (κ3) is 3.04. The molecule has 4 nitrogen and oxygen atoms in total. The molecule has 0 aliphatic carbocycles. The number of hydrogen-bond donors (Lipinski definition) is 2.